The van der Waals surface area contributed by atoms with E-state index < -0.39 is 10.0 Å². The number of sulfonamides is 1. The van der Waals surface area contributed by atoms with Crippen molar-refractivity contribution in [1.82, 2.24) is 4.31 Å². The molecule has 1 aliphatic heterocycles. The average Bonchev–Trinajstić information content (AvgIpc) is 3.35. The number of nitrogens with zero attached hydrogens (tertiary/aromatic N) is 1. The Labute approximate surface area is 159 Å². The summed E-state index contributed by atoms with van der Waals surface area (Å²) < 4.78 is 33.1. The lowest BCUT2D eigenvalue weighted by molar-refractivity contribution is 0.357. The molecule has 0 atom stereocenters. The molecule has 0 radical (unpaired) electrons. The van der Waals surface area contributed by atoms with Crippen LogP contribution in [0.1, 0.15) is 29.5 Å². The van der Waals surface area contributed by atoms with Gasteiger partial charge in [0.25, 0.3) is 0 Å². The Morgan fingerprint density at radius 2 is 1.81 bits per heavy atom. The normalized spacial score (nSPS) is 16.5. The molecular formula is C20H22ClNO3S. The molecule has 1 heterocycles. The highest BCUT2D eigenvalue weighted by atomic mass is 35.5. The van der Waals surface area contributed by atoms with Crippen molar-refractivity contribution in [3.8, 4) is 5.75 Å². The topological polar surface area (TPSA) is 46.6 Å². The van der Waals surface area contributed by atoms with Crippen molar-refractivity contribution < 1.29 is 13.2 Å². The molecule has 0 spiro atoms. The number of rotatable bonds is 7. The van der Waals surface area contributed by atoms with Crippen molar-refractivity contribution in [3.63, 3.8) is 0 Å². The van der Waals surface area contributed by atoms with Crippen molar-refractivity contribution >= 4 is 21.6 Å². The van der Waals surface area contributed by atoms with Gasteiger partial charge in [0, 0.05) is 24.0 Å². The van der Waals surface area contributed by atoms with Crippen LogP contribution in [0.4, 0.5) is 0 Å². The fourth-order valence-electron chi connectivity index (χ4n) is 3.35. The first-order valence-corrected chi connectivity index (χ1v) is 11.0. The van der Waals surface area contributed by atoms with Gasteiger partial charge in [-0.05, 0) is 54.2 Å². The Morgan fingerprint density at radius 1 is 1.08 bits per heavy atom. The standard InChI is InChI=1S/C20H22ClNO3S/c21-18-4-1-16(2-5-18)14-22(19-6-7-19)26(23,24)12-10-15-3-8-20-17(13-15)9-11-25-20/h1-5,8,13,19H,6-7,9-12,14H2. The summed E-state index contributed by atoms with van der Waals surface area (Å²) in [5.41, 5.74) is 3.21. The summed E-state index contributed by atoms with van der Waals surface area (Å²) in [5.74, 6) is 1.07. The summed E-state index contributed by atoms with van der Waals surface area (Å²) in [6.07, 6.45) is 3.33. The van der Waals surface area contributed by atoms with E-state index in [2.05, 4.69) is 6.07 Å². The van der Waals surface area contributed by atoms with E-state index in [4.69, 9.17) is 16.3 Å². The van der Waals surface area contributed by atoms with Gasteiger partial charge < -0.3 is 4.74 Å². The van der Waals surface area contributed by atoms with Crippen LogP contribution in [-0.4, -0.2) is 31.1 Å². The molecular weight excluding hydrogens is 370 g/mol. The van der Waals surface area contributed by atoms with Crippen molar-refractivity contribution in [2.75, 3.05) is 12.4 Å². The Kier molecular flexibility index (Phi) is 4.95. The summed E-state index contributed by atoms with van der Waals surface area (Å²) >= 11 is 5.93. The molecule has 0 bridgehead atoms. The number of halogens is 1. The minimum Gasteiger partial charge on any atom is -0.493 e. The van der Waals surface area contributed by atoms with Gasteiger partial charge in [-0.3, -0.25) is 0 Å². The fraction of sp³-hybridized carbons (Fsp3) is 0.400. The Bertz CT molecular complexity index is 892. The van der Waals surface area contributed by atoms with Gasteiger partial charge in [0.1, 0.15) is 5.75 Å². The lowest BCUT2D eigenvalue weighted by Gasteiger charge is -2.22. The van der Waals surface area contributed by atoms with Gasteiger partial charge in [0.2, 0.25) is 10.0 Å². The SMILES string of the molecule is O=S(=O)(CCc1ccc2c(c1)CCO2)N(Cc1ccc(Cl)cc1)C1CC1. The van der Waals surface area contributed by atoms with E-state index in [1.807, 2.05) is 24.3 Å². The van der Waals surface area contributed by atoms with Gasteiger partial charge in [-0.2, -0.15) is 4.31 Å². The van der Waals surface area contributed by atoms with Crippen LogP contribution >= 0.6 is 11.6 Å². The summed E-state index contributed by atoms with van der Waals surface area (Å²) in [6.45, 7) is 1.13. The number of aryl methyl sites for hydroxylation is 1. The molecule has 2 aromatic rings. The number of hydrogen-bond acceptors (Lipinski definition) is 3. The highest BCUT2D eigenvalue weighted by molar-refractivity contribution is 7.89. The smallest absolute Gasteiger partial charge is 0.214 e. The number of fused-ring (bicyclic) bond motifs is 1. The second-order valence-electron chi connectivity index (χ2n) is 7.01. The Balaban J connectivity index is 1.45. The minimum atomic E-state index is -3.31. The van der Waals surface area contributed by atoms with Crippen LogP contribution in [0.15, 0.2) is 42.5 Å². The first kappa shape index (κ1) is 17.8. The van der Waals surface area contributed by atoms with Crippen LogP contribution in [0.2, 0.25) is 5.02 Å². The van der Waals surface area contributed by atoms with Gasteiger partial charge in [0.05, 0.1) is 12.4 Å². The minimum absolute atomic E-state index is 0.136. The Hall–Kier alpha value is -1.56. The Morgan fingerprint density at radius 3 is 2.54 bits per heavy atom. The molecule has 0 aromatic heterocycles. The van der Waals surface area contributed by atoms with Gasteiger partial charge in [-0.1, -0.05) is 35.9 Å². The molecule has 1 fully saturated rings. The quantitative estimate of drug-likeness (QED) is 0.721. The molecule has 138 valence electrons. The molecule has 2 aliphatic rings. The maximum absolute atomic E-state index is 13.0. The molecule has 0 saturated heterocycles. The van der Waals surface area contributed by atoms with Gasteiger partial charge >= 0.3 is 0 Å². The van der Waals surface area contributed by atoms with E-state index in [1.165, 1.54) is 5.56 Å². The van der Waals surface area contributed by atoms with Crippen molar-refractivity contribution in [3.05, 3.63) is 64.2 Å². The van der Waals surface area contributed by atoms with Crippen molar-refractivity contribution in [2.45, 2.75) is 38.3 Å². The zero-order valence-electron chi connectivity index (χ0n) is 14.5. The summed E-state index contributed by atoms with van der Waals surface area (Å²) in [4.78, 5) is 0. The van der Waals surface area contributed by atoms with Crippen LogP contribution < -0.4 is 4.74 Å². The van der Waals surface area contributed by atoms with E-state index in [0.717, 1.165) is 36.1 Å². The third-order valence-corrected chi connectivity index (χ3v) is 7.08. The maximum Gasteiger partial charge on any atom is 0.214 e. The van der Waals surface area contributed by atoms with Gasteiger partial charge in [0.15, 0.2) is 0 Å². The summed E-state index contributed by atoms with van der Waals surface area (Å²) in [5, 5.41) is 0.662. The third kappa shape index (κ3) is 4.05. The summed E-state index contributed by atoms with van der Waals surface area (Å²) in [7, 11) is -3.31. The largest absolute Gasteiger partial charge is 0.493 e. The number of hydrogen-bond donors (Lipinski definition) is 0. The molecule has 0 amide bonds. The first-order valence-electron chi connectivity index (χ1n) is 9.00. The second kappa shape index (κ2) is 7.22. The highest BCUT2D eigenvalue weighted by Gasteiger charge is 2.36. The maximum atomic E-state index is 13.0. The van der Waals surface area contributed by atoms with E-state index in [9.17, 15) is 8.42 Å². The first-order chi connectivity index (χ1) is 12.5. The number of benzene rings is 2. The predicted molar refractivity (Wildman–Crippen MR) is 103 cm³/mol. The molecule has 26 heavy (non-hydrogen) atoms. The molecule has 1 aliphatic carbocycles. The fourth-order valence-corrected chi connectivity index (χ4v) is 5.21. The molecule has 2 aromatic carbocycles. The van der Waals surface area contributed by atoms with Crippen LogP contribution in [0.25, 0.3) is 0 Å². The molecule has 1 saturated carbocycles. The summed E-state index contributed by atoms with van der Waals surface area (Å²) in [6, 6.07) is 13.6. The van der Waals surface area contributed by atoms with E-state index >= 15 is 0 Å². The van der Waals surface area contributed by atoms with Crippen LogP contribution in [-0.2, 0) is 29.4 Å². The van der Waals surface area contributed by atoms with Gasteiger partial charge in [-0.25, -0.2) is 8.42 Å². The van der Waals surface area contributed by atoms with Crippen LogP contribution in [0.5, 0.6) is 5.75 Å². The average molecular weight is 392 g/mol. The van der Waals surface area contributed by atoms with Crippen LogP contribution in [0, 0.1) is 0 Å². The third-order valence-electron chi connectivity index (χ3n) is 4.97. The molecule has 4 rings (SSSR count). The van der Waals surface area contributed by atoms with Crippen molar-refractivity contribution in [2.24, 2.45) is 0 Å². The zero-order chi connectivity index (χ0) is 18.1. The molecule has 6 heteroatoms. The lowest BCUT2D eigenvalue weighted by atomic mass is 10.1. The number of ether oxygens (including phenoxy) is 1. The van der Waals surface area contributed by atoms with Crippen molar-refractivity contribution in [1.29, 1.82) is 0 Å². The van der Waals surface area contributed by atoms with Crippen LogP contribution in [0.3, 0.4) is 0 Å². The lowest BCUT2D eigenvalue weighted by Crippen LogP contribution is -2.35. The second-order valence-corrected chi connectivity index (χ2v) is 9.49. The van der Waals surface area contributed by atoms with E-state index in [0.29, 0.717) is 24.6 Å². The highest BCUT2D eigenvalue weighted by Crippen LogP contribution is 2.32. The van der Waals surface area contributed by atoms with E-state index in [-0.39, 0.29) is 11.8 Å². The zero-order valence-corrected chi connectivity index (χ0v) is 16.1. The van der Waals surface area contributed by atoms with Gasteiger partial charge in [-0.15, -0.1) is 0 Å². The molecule has 0 unspecified atom stereocenters. The predicted octanol–water partition coefficient (Wildman–Crippen LogP) is 3.81. The molecule has 4 nitrogen and oxygen atoms in total. The molecule has 0 N–H and O–H groups in total. The van der Waals surface area contributed by atoms with E-state index in [1.54, 1.807) is 16.4 Å². The monoisotopic (exact) mass is 391 g/mol.